The van der Waals surface area contributed by atoms with Gasteiger partial charge in [-0.1, -0.05) is 56.3 Å². The largest absolute Gasteiger partial charge is 0.497 e. The lowest BCUT2D eigenvalue weighted by Gasteiger charge is -2.24. The highest BCUT2D eigenvalue weighted by Gasteiger charge is 2.21. The number of methoxy groups -OCH3 is 1. The Morgan fingerprint density at radius 2 is 1.55 bits per heavy atom. The van der Waals surface area contributed by atoms with Crippen LogP contribution in [0, 0.1) is 5.92 Å². The Balaban J connectivity index is 1.69. The average molecular weight is 392 g/mol. The number of rotatable bonds is 8. The van der Waals surface area contributed by atoms with Crippen LogP contribution in [-0.4, -0.2) is 19.1 Å². The van der Waals surface area contributed by atoms with Crippen molar-refractivity contribution in [2.75, 3.05) is 7.11 Å². The van der Waals surface area contributed by atoms with Gasteiger partial charge in [0.2, 0.25) is 0 Å². The van der Waals surface area contributed by atoms with Crippen molar-refractivity contribution in [2.45, 2.75) is 39.3 Å². The van der Waals surface area contributed by atoms with E-state index in [-0.39, 0.29) is 11.9 Å². The molecule has 4 nitrogen and oxygen atoms in total. The lowest BCUT2D eigenvalue weighted by atomic mass is 9.96. The first-order valence-corrected chi connectivity index (χ1v) is 10.1. The van der Waals surface area contributed by atoms with Crippen molar-refractivity contribution in [3.63, 3.8) is 0 Å². The van der Waals surface area contributed by atoms with Gasteiger partial charge in [-0.05, 0) is 59.9 Å². The van der Waals surface area contributed by atoms with E-state index >= 15 is 0 Å². The Labute approximate surface area is 172 Å². The van der Waals surface area contributed by atoms with Crippen LogP contribution in [0.2, 0.25) is 0 Å². The van der Waals surface area contributed by atoms with Gasteiger partial charge in [-0.3, -0.25) is 4.79 Å². The Bertz CT molecular complexity index is 950. The summed E-state index contributed by atoms with van der Waals surface area (Å²) in [6, 6.07) is 21.7. The topological polar surface area (TPSA) is 47.6 Å². The van der Waals surface area contributed by atoms with Gasteiger partial charge in [0.05, 0.1) is 13.2 Å². The zero-order valence-corrected chi connectivity index (χ0v) is 17.5. The normalized spacial score (nSPS) is 13.1. The van der Waals surface area contributed by atoms with E-state index < -0.39 is 6.10 Å². The quantitative estimate of drug-likeness (QED) is 0.550. The van der Waals surface area contributed by atoms with Crippen molar-refractivity contribution < 1.29 is 14.3 Å². The van der Waals surface area contributed by atoms with Crippen LogP contribution in [0.15, 0.2) is 66.7 Å². The van der Waals surface area contributed by atoms with E-state index in [4.69, 9.17) is 9.47 Å². The summed E-state index contributed by atoms with van der Waals surface area (Å²) >= 11 is 0. The molecule has 0 aliphatic heterocycles. The molecule has 152 valence electrons. The summed E-state index contributed by atoms with van der Waals surface area (Å²) in [6.07, 6.45) is 0.255. The number of fused-ring (bicyclic) bond motifs is 1. The van der Waals surface area contributed by atoms with Gasteiger partial charge in [0.1, 0.15) is 11.5 Å². The molecule has 2 atom stereocenters. The first kappa shape index (κ1) is 20.7. The van der Waals surface area contributed by atoms with Crippen molar-refractivity contribution in [2.24, 2.45) is 5.92 Å². The zero-order chi connectivity index (χ0) is 20.8. The van der Waals surface area contributed by atoms with Crippen LogP contribution in [0.4, 0.5) is 0 Å². The van der Waals surface area contributed by atoms with Crippen molar-refractivity contribution >= 4 is 16.7 Å². The van der Waals surface area contributed by atoms with Crippen LogP contribution in [0.3, 0.4) is 0 Å². The number of hydrogen-bond donors (Lipinski definition) is 1. The number of ether oxygens (including phenoxy) is 2. The zero-order valence-electron chi connectivity index (χ0n) is 17.5. The SMILES string of the molecule is COc1ccc([C@H](CC(C)C)NC(=O)[C@H](C)Oc2ccc3ccccc3c2)cc1. The van der Waals surface area contributed by atoms with E-state index in [2.05, 4.69) is 25.2 Å². The molecule has 0 aliphatic rings. The van der Waals surface area contributed by atoms with E-state index in [1.807, 2.05) is 60.7 Å². The van der Waals surface area contributed by atoms with Gasteiger partial charge in [-0.15, -0.1) is 0 Å². The number of carbonyl (C=O) groups excluding carboxylic acids is 1. The smallest absolute Gasteiger partial charge is 0.261 e. The molecule has 0 spiro atoms. The highest BCUT2D eigenvalue weighted by atomic mass is 16.5. The molecule has 0 fully saturated rings. The Kier molecular flexibility index (Phi) is 6.76. The van der Waals surface area contributed by atoms with E-state index in [9.17, 15) is 4.79 Å². The summed E-state index contributed by atoms with van der Waals surface area (Å²) in [5, 5.41) is 5.39. The summed E-state index contributed by atoms with van der Waals surface area (Å²) in [5.74, 6) is 1.81. The molecule has 1 N–H and O–H groups in total. The number of nitrogens with one attached hydrogen (secondary N) is 1. The molecule has 4 heteroatoms. The fraction of sp³-hybridized carbons (Fsp3) is 0.320. The first-order valence-electron chi connectivity index (χ1n) is 10.1. The van der Waals surface area contributed by atoms with Crippen LogP contribution in [0.5, 0.6) is 11.5 Å². The summed E-state index contributed by atoms with van der Waals surface area (Å²) in [6.45, 7) is 6.08. The van der Waals surface area contributed by atoms with Gasteiger partial charge >= 0.3 is 0 Å². The van der Waals surface area contributed by atoms with E-state index in [0.29, 0.717) is 11.7 Å². The predicted octanol–water partition coefficient (Wildman–Crippen LogP) is 5.52. The van der Waals surface area contributed by atoms with E-state index in [1.54, 1.807) is 14.0 Å². The fourth-order valence-corrected chi connectivity index (χ4v) is 3.37. The third-order valence-electron chi connectivity index (χ3n) is 4.94. The van der Waals surface area contributed by atoms with Crippen LogP contribution < -0.4 is 14.8 Å². The molecular formula is C25H29NO3. The van der Waals surface area contributed by atoms with Crippen LogP contribution in [0.25, 0.3) is 10.8 Å². The predicted molar refractivity (Wildman–Crippen MR) is 117 cm³/mol. The third-order valence-corrected chi connectivity index (χ3v) is 4.94. The Morgan fingerprint density at radius 3 is 2.21 bits per heavy atom. The van der Waals surface area contributed by atoms with Crippen molar-refractivity contribution in [1.29, 1.82) is 0 Å². The highest BCUT2D eigenvalue weighted by Crippen LogP contribution is 2.25. The molecular weight excluding hydrogens is 362 g/mol. The summed E-state index contributed by atoms with van der Waals surface area (Å²) in [5.41, 5.74) is 1.06. The monoisotopic (exact) mass is 391 g/mol. The van der Waals surface area contributed by atoms with Crippen molar-refractivity contribution in [3.05, 3.63) is 72.3 Å². The van der Waals surface area contributed by atoms with Crippen LogP contribution in [0.1, 0.15) is 38.8 Å². The molecule has 0 saturated heterocycles. The Morgan fingerprint density at radius 1 is 0.897 bits per heavy atom. The minimum atomic E-state index is -0.593. The molecule has 0 bridgehead atoms. The minimum absolute atomic E-state index is 0.0731. The van der Waals surface area contributed by atoms with Crippen LogP contribution >= 0.6 is 0 Å². The molecule has 3 aromatic carbocycles. The van der Waals surface area contributed by atoms with Crippen LogP contribution in [-0.2, 0) is 4.79 Å². The Hall–Kier alpha value is -3.01. The third kappa shape index (κ3) is 5.50. The second kappa shape index (κ2) is 9.46. The minimum Gasteiger partial charge on any atom is -0.497 e. The molecule has 0 aliphatic carbocycles. The lowest BCUT2D eigenvalue weighted by Crippen LogP contribution is -2.39. The fourth-order valence-electron chi connectivity index (χ4n) is 3.37. The number of amides is 1. The summed E-state index contributed by atoms with van der Waals surface area (Å²) < 4.78 is 11.2. The van der Waals surface area contributed by atoms with Gasteiger partial charge in [0.25, 0.3) is 5.91 Å². The van der Waals surface area contributed by atoms with Gasteiger partial charge in [-0.2, -0.15) is 0 Å². The molecule has 3 aromatic rings. The maximum atomic E-state index is 12.8. The molecule has 0 unspecified atom stereocenters. The highest BCUT2D eigenvalue weighted by molar-refractivity contribution is 5.84. The van der Waals surface area contributed by atoms with E-state index in [0.717, 1.165) is 28.5 Å². The van der Waals surface area contributed by atoms with Gasteiger partial charge < -0.3 is 14.8 Å². The van der Waals surface area contributed by atoms with E-state index in [1.165, 1.54) is 0 Å². The summed E-state index contributed by atoms with van der Waals surface area (Å²) in [4.78, 5) is 12.8. The standard InChI is InChI=1S/C25H29NO3/c1-17(2)15-24(20-10-12-22(28-4)13-11-20)26-25(27)18(3)29-23-14-9-19-7-5-6-8-21(19)16-23/h5-14,16-18,24H,15H2,1-4H3,(H,26,27)/t18-,24-/m0/s1. The van der Waals surface area contributed by atoms with Gasteiger partial charge in [0, 0.05) is 0 Å². The summed E-state index contributed by atoms with van der Waals surface area (Å²) in [7, 11) is 1.65. The molecule has 1 amide bonds. The molecule has 3 rings (SSSR count). The molecule has 0 saturated carbocycles. The average Bonchev–Trinajstić information content (AvgIpc) is 2.73. The second-order valence-corrected chi connectivity index (χ2v) is 7.73. The lowest BCUT2D eigenvalue weighted by molar-refractivity contribution is -0.128. The molecule has 0 aromatic heterocycles. The van der Waals surface area contributed by atoms with Crippen molar-refractivity contribution in [3.8, 4) is 11.5 Å². The second-order valence-electron chi connectivity index (χ2n) is 7.73. The number of hydrogen-bond acceptors (Lipinski definition) is 3. The van der Waals surface area contributed by atoms with Gasteiger partial charge in [0.15, 0.2) is 6.10 Å². The molecule has 29 heavy (non-hydrogen) atoms. The maximum absolute atomic E-state index is 12.8. The molecule has 0 radical (unpaired) electrons. The number of benzene rings is 3. The first-order chi connectivity index (χ1) is 14.0. The number of carbonyl (C=O) groups is 1. The maximum Gasteiger partial charge on any atom is 0.261 e. The van der Waals surface area contributed by atoms with Crippen molar-refractivity contribution in [1.82, 2.24) is 5.32 Å². The molecule has 0 heterocycles. The van der Waals surface area contributed by atoms with Gasteiger partial charge in [-0.25, -0.2) is 0 Å².